The second-order valence-corrected chi connectivity index (χ2v) is 4.48. The van der Waals surface area contributed by atoms with Gasteiger partial charge < -0.3 is 10.6 Å². The van der Waals surface area contributed by atoms with Gasteiger partial charge in [0.2, 0.25) is 0 Å². The molecule has 1 aliphatic rings. The van der Waals surface area contributed by atoms with E-state index in [-0.39, 0.29) is 36.8 Å². The highest BCUT2D eigenvalue weighted by atomic mass is 35.5. The van der Waals surface area contributed by atoms with Crippen molar-refractivity contribution >= 4 is 42.1 Å². The SMILES string of the molecule is Cl.Cl.NCC1CCCCN1C(=O)c1cscn1. The lowest BCUT2D eigenvalue weighted by Gasteiger charge is -2.34. The van der Waals surface area contributed by atoms with Gasteiger partial charge in [-0.1, -0.05) is 0 Å². The lowest BCUT2D eigenvalue weighted by molar-refractivity contribution is 0.0618. The number of carbonyl (C=O) groups excluding carboxylic acids is 1. The minimum Gasteiger partial charge on any atom is -0.333 e. The average Bonchev–Trinajstić information content (AvgIpc) is 2.81. The number of carbonyl (C=O) groups is 1. The van der Waals surface area contributed by atoms with Crippen LogP contribution in [0.3, 0.4) is 0 Å². The molecule has 0 aromatic carbocycles. The highest BCUT2D eigenvalue weighted by molar-refractivity contribution is 7.07. The number of hydrogen-bond acceptors (Lipinski definition) is 4. The third-order valence-corrected chi connectivity index (χ3v) is 3.40. The monoisotopic (exact) mass is 297 g/mol. The molecule has 1 amide bonds. The summed E-state index contributed by atoms with van der Waals surface area (Å²) >= 11 is 1.45. The Labute approximate surface area is 117 Å². The summed E-state index contributed by atoms with van der Waals surface area (Å²) < 4.78 is 0. The number of halogens is 2. The van der Waals surface area contributed by atoms with Gasteiger partial charge in [-0.2, -0.15) is 0 Å². The molecule has 0 saturated carbocycles. The standard InChI is InChI=1S/C10H15N3OS.2ClH/c11-5-8-3-1-2-4-13(8)10(14)9-6-15-7-12-9;;/h6-8H,1-5,11H2;2*1H. The fraction of sp³-hybridized carbons (Fsp3) is 0.600. The zero-order valence-corrected chi connectivity index (χ0v) is 11.8. The van der Waals surface area contributed by atoms with Crippen molar-refractivity contribution in [2.75, 3.05) is 13.1 Å². The third kappa shape index (κ3) is 3.81. The number of piperidine rings is 1. The van der Waals surface area contributed by atoms with Crippen molar-refractivity contribution in [3.63, 3.8) is 0 Å². The quantitative estimate of drug-likeness (QED) is 0.907. The van der Waals surface area contributed by atoms with Gasteiger partial charge in [-0.25, -0.2) is 4.98 Å². The van der Waals surface area contributed by atoms with Gasteiger partial charge in [-0.3, -0.25) is 4.79 Å². The fourth-order valence-corrected chi connectivity index (χ4v) is 2.50. The van der Waals surface area contributed by atoms with E-state index < -0.39 is 0 Å². The first-order valence-electron chi connectivity index (χ1n) is 5.22. The summed E-state index contributed by atoms with van der Waals surface area (Å²) in [5.74, 6) is 0.0337. The van der Waals surface area contributed by atoms with Crippen molar-refractivity contribution in [2.45, 2.75) is 25.3 Å². The topological polar surface area (TPSA) is 59.2 Å². The predicted molar refractivity (Wildman–Crippen MR) is 74.3 cm³/mol. The van der Waals surface area contributed by atoms with Crippen molar-refractivity contribution in [1.82, 2.24) is 9.88 Å². The van der Waals surface area contributed by atoms with Crippen LogP contribution in [0.2, 0.25) is 0 Å². The molecule has 0 aliphatic carbocycles. The maximum atomic E-state index is 12.0. The lowest BCUT2D eigenvalue weighted by atomic mass is 10.0. The van der Waals surface area contributed by atoms with Crippen LogP contribution in [0.25, 0.3) is 0 Å². The molecule has 1 unspecified atom stereocenters. The van der Waals surface area contributed by atoms with Gasteiger partial charge in [-0.15, -0.1) is 36.2 Å². The molecule has 1 saturated heterocycles. The van der Waals surface area contributed by atoms with Crippen molar-refractivity contribution < 1.29 is 4.79 Å². The van der Waals surface area contributed by atoms with Gasteiger partial charge in [0.15, 0.2) is 0 Å². The van der Waals surface area contributed by atoms with Crippen molar-refractivity contribution in [3.8, 4) is 0 Å². The maximum absolute atomic E-state index is 12.0. The molecule has 1 aromatic rings. The van der Waals surface area contributed by atoms with Crippen LogP contribution >= 0.6 is 36.2 Å². The average molecular weight is 298 g/mol. The fourth-order valence-electron chi connectivity index (χ4n) is 1.98. The van der Waals surface area contributed by atoms with E-state index in [1.54, 1.807) is 10.9 Å². The molecule has 17 heavy (non-hydrogen) atoms. The summed E-state index contributed by atoms with van der Waals surface area (Å²) in [5, 5.41) is 1.80. The van der Waals surface area contributed by atoms with Crippen LogP contribution in [0.1, 0.15) is 29.8 Å². The van der Waals surface area contributed by atoms with Gasteiger partial charge in [-0.05, 0) is 19.3 Å². The zero-order chi connectivity index (χ0) is 10.7. The molecular formula is C10H17Cl2N3OS. The Kier molecular flexibility index (Phi) is 7.70. The molecule has 0 spiro atoms. The first-order chi connectivity index (χ1) is 7.33. The van der Waals surface area contributed by atoms with Crippen LogP contribution < -0.4 is 5.73 Å². The molecule has 2 heterocycles. The maximum Gasteiger partial charge on any atom is 0.273 e. The summed E-state index contributed by atoms with van der Waals surface area (Å²) in [4.78, 5) is 18.0. The van der Waals surface area contributed by atoms with Gasteiger partial charge in [0.05, 0.1) is 5.51 Å². The Morgan fingerprint density at radius 2 is 2.29 bits per heavy atom. The van der Waals surface area contributed by atoms with E-state index in [0.29, 0.717) is 12.2 Å². The van der Waals surface area contributed by atoms with Crippen LogP contribution in [0.4, 0.5) is 0 Å². The largest absolute Gasteiger partial charge is 0.333 e. The van der Waals surface area contributed by atoms with Crippen LogP contribution in [-0.2, 0) is 0 Å². The van der Waals surface area contributed by atoms with E-state index in [9.17, 15) is 4.79 Å². The van der Waals surface area contributed by atoms with Crippen LogP contribution in [0.5, 0.6) is 0 Å². The van der Waals surface area contributed by atoms with E-state index in [1.807, 2.05) is 4.90 Å². The summed E-state index contributed by atoms with van der Waals surface area (Å²) in [6.45, 7) is 1.37. The number of amides is 1. The molecule has 1 aromatic heterocycles. The molecular weight excluding hydrogens is 281 g/mol. The molecule has 1 aliphatic heterocycles. The predicted octanol–water partition coefficient (Wildman–Crippen LogP) is 1.94. The van der Waals surface area contributed by atoms with E-state index in [0.717, 1.165) is 19.4 Å². The molecule has 0 bridgehead atoms. The van der Waals surface area contributed by atoms with E-state index >= 15 is 0 Å². The number of thiazole rings is 1. The number of hydrogen-bond donors (Lipinski definition) is 1. The van der Waals surface area contributed by atoms with Crippen LogP contribution in [-0.4, -0.2) is 34.9 Å². The Hall–Kier alpha value is -0.360. The highest BCUT2D eigenvalue weighted by Gasteiger charge is 2.27. The van der Waals surface area contributed by atoms with Gasteiger partial charge in [0.1, 0.15) is 5.69 Å². The smallest absolute Gasteiger partial charge is 0.273 e. The number of likely N-dealkylation sites (tertiary alicyclic amines) is 1. The summed E-state index contributed by atoms with van der Waals surface area (Å²) in [7, 11) is 0. The first-order valence-corrected chi connectivity index (χ1v) is 6.16. The number of aromatic nitrogens is 1. The van der Waals surface area contributed by atoms with Gasteiger partial charge in [0, 0.05) is 24.5 Å². The van der Waals surface area contributed by atoms with Gasteiger partial charge >= 0.3 is 0 Å². The summed E-state index contributed by atoms with van der Waals surface area (Å²) in [5.41, 5.74) is 7.92. The molecule has 2 rings (SSSR count). The van der Waals surface area contributed by atoms with Crippen molar-refractivity contribution in [1.29, 1.82) is 0 Å². The van der Waals surface area contributed by atoms with E-state index in [1.165, 1.54) is 17.8 Å². The zero-order valence-electron chi connectivity index (χ0n) is 9.37. The van der Waals surface area contributed by atoms with Crippen molar-refractivity contribution in [3.05, 3.63) is 16.6 Å². The molecule has 1 fully saturated rings. The second kappa shape index (κ2) is 7.87. The Morgan fingerprint density at radius 3 is 2.88 bits per heavy atom. The summed E-state index contributed by atoms with van der Waals surface area (Å²) in [6.07, 6.45) is 3.27. The highest BCUT2D eigenvalue weighted by Crippen LogP contribution is 2.18. The van der Waals surface area contributed by atoms with Crippen molar-refractivity contribution in [2.24, 2.45) is 5.73 Å². The Bertz CT molecular complexity index is 334. The first kappa shape index (κ1) is 16.6. The number of nitrogens with zero attached hydrogens (tertiary/aromatic N) is 2. The lowest BCUT2D eigenvalue weighted by Crippen LogP contribution is -2.47. The minimum absolute atomic E-state index is 0. The number of rotatable bonds is 2. The normalized spacial score (nSPS) is 19.1. The minimum atomic E-state index is 0. The van der Waals surface area contributed by atoms with E-state index in [4.69, 9.17) is 5.73 Å². The van der Waals surface area contributed by atoms with Crippen LogP contribution in [0.15, 0.2) is 10.9 Å². The Morgan fingerprint density at radius 1 is 1.53 bits per heavy atom. The molecule has 2 N–H and O–H groups in total. The molecule has 98 valence electrons. The number of nitrogens with two attached hydrogens (primary N) is 1. The Balaban J connectivity index is 0.00000128. The molecule has 0 radical (unpaired) electrons. The summed E-state index contributed by atoms with van der Waals surface area (Å²) in [6, 6.07) is 0.202. The molecule has 7 heteroatoms. The second-order valence-electron chi connectivity index (χ2n) is 3.76. The van der Waals surface area contributed by atoms with E-state index in [2.05, 4.69) is 4.98 Å². The molecule has 4 nitrogen and oxygen atoms in total. The van der Waals surface area contributed by atoms with Crippen LogP contribution in [0, 0.1) is 0 Å². The van der Waals surface area contributed by atoms with Gasteiger partial charge in [0.25, 0.3) is 5.91 Å². The molecule has 1 atom stereocenters. The third-order valence-electron chi connectivity index (χ3n) is 2.81.